The van der Waals surface area contributed by atoms with E-state index in [0.29, 0.717) is 11.8 Å². The van der Waals surface area contributed by atoms with Gasteiger partial charge in [-0.05, 0) is 24.3 Å². The van der Waals surface area contributed by atoms with E-state index in [-0.39, 0.29) is 5.82 Å². The average Bonchev–Trinajstić information content (AvgIpc) is 2.15. The third-order valence-electron chi connectivity index (χ3n) is 2.39. The van der Waals surface area contributed by atoms with Gasteiger partial charge in [0.25, 0.3) is 0 Å². The van der Waals surface area contributed by atoms with Crippen LogP contribution < -0.4 is 0 Å². The van der Waals surface area contributed by atoms with Crippen molar-refractivity contribution < 1.29 is 0 Å². The van der Waals surface area contributed by atoms with Gasteiger partial charge in [0.2, 0.25) is 5.82 Å². The van der Waals surface area contributed by atoms with Crippen molar-refractivity contribution in [3.05, 3.63) is 22.8 Å². The molecule has 3 nitrogen and oxygen atoms in total. The Kier molecular flexibility index (Phi) is 3.41. The Bertz CT molecular complexity index is 400. The first-order valence-corrected chi connectivity index (χ1v) is 5.25. The normalized spacial score (nSPS) is 10.8. The minimum Gasteiger partial charge on any atom is -0.224 e. The van der Waals surface area contributed by atoms with Gasteiger partial charge in [-0.2, -0.15) is 5.26 Å². The van der Waals surface area contributed by atoms with Crippen LogP contribution >= 0.6 is 0 Å². The Morgan fingerprint density at radius 2 is 1.67 bits per heavy atom. The number of nitriles is 1. The zero-order valence-corrected chi connectivity index (χ0v) is 10.00. The van der Waals surface area contributed by atoms with Crippen molar-refractivity contribution in [3.63, 3.8) is 0 Å². The molecule has 0 bridgehead atoms. The molecule has 0 unspecified atom stereocenters. The van der Waals surface area contributed by atoms with Crippen LogP contribution in [0.25, 0.3) is 0 Å². The van der Waals surface area contributed by atoms with Crippen molar-refractivity contribution >= 4 is 0 Å². The molecule has 0 saturated carbocycles. The molecule has 1 rings (SSSR count). The molecule has 3 heteroatoms. The van der Waals surface area contributed by atoms with E-state index in [1.54, 1.807) is 0 Å². The first-order valence-electron chi connectivity index (χ1n) is 5.25. The van der Waals surface area contributed by atoms with Gasteiger partial charge in [-0.3, -0.25) is 0 Å². The van der Waals surface area contributed by atoms with Crippen LogP contribution in [0.2, 0.25) is 0 Å². The van der Waals surface area contributed by atoms with E-state index in [4.69, 9.17) is 5.26 Å². The van der Waals surface area contributed by atoms with Crippen LogP contribution in [0.4, 0.5) is 0 Å². The highest BCUT2D eigenvalue weighted by Gasteiger charge is 2.16. The van der Waals surface area contributed by atoms with E-state index in [2.05, 4.69) is 37.7 Å². The van der Waals surface area contributed by atoms with E-state index in [1.807, 2.05) is 13.0 Å². The van der Waals surface area contributed by atoms with Crippen molar-refractivity contribution in [2.45, 2.75) is 46.5 Å². The van der Waals surface area contributed by atoms with E-state index < -0.39 is 0 Å². The molecule has 0 aliphatic rings. The topological polar surface area (TPSA) is 49.6 Å². The fourth-order valence-corrected chi connectivity index (χ4v) is 1.81. The molecule has 0 radical (unpaired) electrons. The highest BCUT2D eigenvalue weighted by molar-refractivity contribution is 5.32. The fraction of sp³-hybridized carbons (Fsp3) is 0.583. The maximum atomic E-state index is 8.82. The number of nitrogens with zero attached hydrogens (tertiary/aromatic N) is 3. The van der Waals surface area contributed by atoms with E-state index in [1.165, 1.54) is 5.56 Å². The lowest BCUT2D eigenvalue weighted by atomic mass is 9.94. The first kappa shape index (κ1) is 11.6. The highest BCUT2D eigenvalue weighted by atomic mass is 14.9. The fourth-order valence-electron chi connectivity index (χ4n) is 1.81. The van der Waals surface area contributed by atoms with Crippen molar-refractivity contribution in [1.82, 2.24) is 9.97 Å². The molecule has 0 atom stereocenters. The molecule has 0 fully saturated rings. The monoisotopic (exact) mass is 203 g/mol. The van der Waals surface area contributed by atoms with Gasteiger partial charge in [-0.1, -0.05) is 27.7 Å². The van der Waals surface area contributed by atoms with Gasteiger partial charge in [0, 0.05) is 5.69 Å². The molecule has 1 heterocycles. The van der Waals surface area contributed by atoms with Gasteiger partial charge in [0.15, 0.2) is 0 Å². The smallest absolute Gasteiger partial charge is 0.224 e. The van der Waals surface area contributed by atoms with E-state index >= 15 is 0 Å². The first-order chi connectivity index (χ1) is 6.97. The van der Waals surface area contributed by atoms with Gasteiger partial charge >= 0.3 is 0 Å². The lowest BCUT2D eigenvalue weighted by Gasteiger charge is -2.16. The molecule has 1 aromatic heterocycles. The van der Waals surface area contributed by atoms with Gasteiger partial charge < -0.3 is 0 Å². The van der Waals surface area contributed by atoms with Crippen molar-refractivity contribution in [1.29, 1.82) is 5.26 Å². The van der Waals surface area contributed by atoms with Crippen LogP contribution in [0.3, 0.4) is 0 Å². The van der Waals surface area contributed by atoms with Crippen LogP contribution in [-0.4, -0.2) is 9.97 Å². The number of aryl methyl sites for hydroxylation is 1. The quantitative estimate of drug-likeness (QED) is 0.742. The minimum absolute atomic E-state index is 0.278. The summed E-state index contributed by atoms with van der Waals surface area (Å²) >= 11 is 0. The molecule has 0 N–H and O–H groups in total. The largest absolute Gasteiger partial charge is 0.232 e. The van der Waals surface area contributed by atoms with Crippen LogP contribution in [0.5, 0.6) is 0 Å². The average molecular weight is 203 g/mol. The summed E-state index contributed by atoms with van der Waals surface area (Å²) in [5.41, 5.74) is 3.12. The molecule has 0 aliphatic heterocycles. The zero-order valence-electron chi connectivity index (χ0n) is 10.00. The second kappa shape index (κ2) is 4.39. The van der Waals surface area contributed by atoms with Crippen LogP contribution in [0.1, 0.15) is 62.3 Å². The van der Waals surface area contributed by atoms with Gasteiger partial charge in [-0.25, -0.2) is 9.97 Å². The predicted octanol–water partition coefficient (Wildman–Crippen LogP) is 2.90. The molecule has 0 aromatic carbocycles. The van der Waals surface area contributed by atoms with Crippen molar-refractivity contribution in [2.24, 2.45) is 0 Å². The van der Waals surface area contributed by atoms with Crippen molar-refractivity contribution in [2.75, 3.05) is 0 Å². The standard InChI is InChI=1S/C12H17N3/c1-7(2)11-9(5)14-10(6-13)15-12(11)8(3)4/h7-8H,1-5H3. The highest BCUT2D eigenvalue weighted by Crippen LogP contribution is 2.26. The third kappa shape index (κ3) is 2.33. The Morgan fingerprint density at radius 3 is 2.07 bits per heavy atom. The summed E-state index contributed by atoms with van der Waals surface area (Å²) in [4.78, 5) is 8.48. The SMILES string of the molecule is Cc1nc(C#N)nc(C(C)C)c1C(C)C. The number of rotatable bonds is 2. The summed E-state index contributed by atoms with van der Waals surface area (Å²) in [5.74, 6) is 1.01. The lowest BCUT2D eigenvalue weighted by molar-refractivity contribution is 0.732. The van der Waals surface area contributed by atoms with Crippen LogP contribution in [0.15, 0.2) is 0 Å². The molecular formula is C12H17N3. The maximum Gasteiger partial charge on any atom is 0.232 e. The summed E-state index contributed by atoms with van der Waals surface area (Å²) in [6.45, 7) is 10.4. The summed E-state index contributed by atoms with van der Waals surface area (Å²) in [6, 6.07) is 2.01. The third-order valence-corrected chi connectivity index (χ3v) is 2.39. The lowest BCUT2D eigenvalue weighted by Crippen LogP contribution is -2.09. The zero-order chi connectivity index (χ0) is 11.6. The Balaban J connectivity index is 3.44. The minimum atomic E-state index is 0.278. The van der Waals surface area contributed by atoms with Crippen LogP contribution in [-0.2, 0) is 0 Å². The molecule has 0 spiro atoms. The van der Waals surface area contributed by atoms with Crippen LogP contribution in [0, 0.1) is 18.3 Å². The second-order valence-corrected chi connectivity index (χ2v) is 4.35. The molecule has 0 saturated heterocycles. The molecule has 15 heavy (non-hydrogen) atoms. The second-order valence-electron chi connectivity index (χ2n) is 4.35. The van der Waals surface area contributed by atoms with Gasteiger partial charge in [0.05, 0.1) is 5.69 Å². The molecule has 80 valence electrons. The number of hydrogen-bond acceptors (Lipinski definition) is 3. The maximum absolute atomic E-state index is 8.82. The summed E-state index contributed by atoms with van der Waals surface area (Å²) in [5, 5.41) is 8.82. The Morgan fingerprint density at radius 1 is 1.07 bits per heavy atom. The number of hydrogen-bond donors (Lipinski definition) is 0. The molecule has 0 amide bonds. The van der Waals surface area contributed by atoms with E-state index in [9.17, 15) is 0 Å². The summed E-state index contributed by atoms with van der Waals surface area (Å²) in [6.07, 6.45) is 0. The van der Waals surface area contributed by atoms with Gasteiger partial charge in [0.1, 0.15) is 6.07 Å². The van der Waals surface area contributed by atoms with E-state index in [0.717, 1.165) is 11.4 Å². The Hall–Kier alpha value is -1.43. The summed E-state index contributed by atoms with van der Waals surface area (Å²) < 4.78 is 0. The van der Waals surface area contributed by atoms with Gasteiger partial charge in [-0.15, -0.1) is 0 Å². The molecular weight excluding hydrogens is 186 g/mol. The van der Waals surface area contributed by atoms with Crippen molar-refractivity contribution in [3.8, 4) is 6.07 Å². The molecule has 1 aromatic rings. The number of aromatic nitrogens is 2. The summed E-state index contributed by atoms with van der Waals surface area (Å²) in [7, 11) is 0. The Labute approximate surface area is 91.2 Å². The predicted molar refractivity (Wildman–Crippen MR) is 59.7 cm³/mol. The molecule has 0 aliphatic carbocycles.